The standard InChI is InChI=1S/C54H72F2N8O8S/c1-31-32(2)45(31)50(65)59-47-49(71-28-44(55)56)51-58-42(29-73-51)34-9-12-43-38(24-34)40(26-54(4,5)30-72-53(67)41-8-7-15-64(60-41)52(47)66)48(63(43)20-23-70-37-13-21-69-22-14-37)39-25-36(27-57-46(39)33(3)68-6)62-18-16-61(17-19-62)35-10-11-35/h9,12,24-25,27,29,31-33,35,37,41,44-45,47,49,60H,7-8,10-11,13-23,26,28,30H2,1-6H3,(H,59,65)/t31-,32+,33-,41-,45+,47-,49-/m0/s1. The highest BCUT2D eigenvalue weighted by Crippen LogP contribution is 2.47. The Kier molecular flexibility index (Phi) is 15.6. The van der Waals surface area contributed by atoms with Crippen LogP contribution < -0.4 is 15.6 Å². The molecule has 7 atom stereocenters. The van der Waals surface area contributed by atoms with Gasteiger partial charge in [0.15, 0.2) is 0 Å². The number of nitrogens with zero attached hydrogens (tertiary/aromatic N) is 6. The number of piperazine rings is 1. The number of pyridine rings is 1. The van der Waals surface area contributed by atoms with Gasteiger partial charge in [-0.25, -0.2) is 19.2 Å². The molecule has 6 bridgehead atoms. The number of ether oxygens (including phenoxy) is 5. The van der Waals surface area contributed by atoms with E-state index in [1.807, 2.05) is 38.4 Å². The van der Waals surface area contributed by atoms with Gasteiger partial charge < -0.3 is 38.5 Å². The van der Waals surface area contributed by atoms with Crippen LogP contribution in [0.15, 0.2) is 35.8 Å². The number of hydrogen-bond donors (Lipinski definition) is 2. The Labute approximate surface area is 430 Å². The number of halogens is 2. The molecule has 1 aromatic carbocycles. The Bertz CT molecular complexity index is 2620. The van der Waals surface area contributed by atoms with Crippen LogP contribution >= 0.6 is 11.3 Å². The summed E-state index contributed by atoms with van der Waals surface area (Å²) in [6.45, 7) is 15.5. The van der Waals surface area contributed by atoms with Crippen LogP contribution in [0.5, 0.6) is 0 Å². The van der Waals surface area contributed by atoms with Gasteiger partial charge in [0, 0.05) is 104 Å². The van der Waals surface area contributed by atoms with E-state index in [4.69, 9.17) is 33.7 Å². The third-order valence-corrected chi connectivity index (χ3v) is 17.0. The zero-order valence-electron chi connectivity index (χ0n) is 43.1. The van der Waals surface area contributed by atoms with Crippen molar-refractivity contribution in [1.82, 2.24) is 35.2 Å². The smallest absolute Gasteiger partial charge is 0.324 e. The van der Waals surface area contributed by atoms with E-state index >= 15 is 0 Å². The molecule has 4 aromatic rings. The van der Waals surface area contributed by atoms with Crippen LogP contribution in [0.4, 0.5) is 14.5 Å². The van der Waals surface area contributed by atoms with Crippen LogP contribution in [0.1, 0.15) is 102 Å². The number of alkyl halides is 2. The van der Waals surface area contributed by atoms with E-state index in [2.05, 4.69) is 57.2 Å². The molecule has 0 spiro atoms. The summed E-state index contributed by atoms with van der Waals surface area (Å²) >= 11 is 1.18. The van der Waals surface area contributed by atoms with Crippen molar-refractivity contribution in [3.8, 4) is 22.5 Å². The highest BCUT2D eigenvalue weighted by Gasteiger charge is 2.50. The zero-order chi connectivity index (χ0) is 51.1. The molecular formula is C54H72F2N8O8S. The van der Waals surface area contributed by atoms with Crippen molar-refractivity contribution in [3.63, 3.8) is 0 Å². The molecule has 0 unspecified atom stereocenters. The molecule has 3 aromatic heterocycles. The molecule has 6 aliphatic rings. The number of hydrazine groups is 1. The van der Waals surface area contributed by atoms with E-state index in [0.29, 0.717) is 57.4 Å². The van der Waals surface area contributed by atoms with Gasteiger partial charge in [-0.1, -0.05) is 33.8 Å². The molecule has 16 nitrogen and oxygen atoms in total. The van der Waals surface area contributed by atoms with Crippen molar-refractivity contribution in [3.05, 3.63) is 52.1 Å². The third kappa shape index (κ3) is 11.3. The molecule has 5 fully saturated rings. The largest absolute Gasteiger partial charge is 0.464 e. The minimum absolute atomic E-state index is 0.0664. The molecule has 2 N–H and O–H groups in total. The Morgan fingerprint density at radius 3 is 2.49 bits per heavy atom. The number of thiazole rings is 1. The summed E-state index contributed by atoms with van der Waals surface area (Å²) in [7, 11) is 1.70. The van der Waals surface area contributed by atoms with E-state index in [-0.39, 0.29) is 54.0 Å². The summed E-state index contributed by atoms with van der Waals surface area (Å²) < 4.78 is 61.1. The van der Waals surface area contributed by atoms with Gasteiger partial charge >= 0.3 is 5.97 Å². The first-order chi connectivity index (χ1) is 35.2. The fraction of sp³-hybridized carbons (Fsp3) is 0.648. The minimum atomic E-state index is -2.86. The van der Waals surface area contributed by atoms with Crippen LogP contribution in [-0.4, -0.2) is 146 Å². The number of aromatic nitrogens is 3. The van der Waals surface area contributed by atoms with Crippen molar-refractivity contribution in [2.24, 2.45) is 23.2 Å². The first-order valence-corrected chi connectivity index (χ1v) is 27.3. The Morgan fingerprint density at radius 2 is 1.78 bits per heavy atom. The van der Waals surface area contributed by atoms with Crippen LogP contribution in [0, 0.1) is 23.2 Å². The number of rotatable bonds is 14. The van der Waals surface area contributed by atoms with Gasteiger partial charge in [-0.05, 0) is 87.5 Å². The molecule has 7 heterocycles. The summed E-state index contributed by atoms with van der Waals surface area (Å²) in [4.78, 5) is 58.1. The maximum atomic E-state index is 14.7. The van der Waals surface area contributed by atoms with Crippen LogP contribution in [0.25, 0.3) is 33.4 Å². The number of nitrogens with one attached hydrogen (secondary N) is 2. The molecule has 19 heteroatoms. The number of carbonyl (C=O) groups is 3. The second-order valence-electron chi connectivity index (χ2n) is 21.9. The quantitative estimate of drug-likeness (QED) is 0.121. The van der Waals surface area contributed by atoms with E-state index in [1.165, 1.54) is 29.2 Å². The second-order valence-corrected chi connectivity index (χ2v) is 22.8. The average molecular weight is 1030 g/mol. The lowest BCUT2D eigenvalue weighted by Crippen LogP contribution is -2.61. The Hall–Kier alpha value is -4.63. The van der Waals surface area contributed by atoms with E-state index in [0.717, 1.165) is 83.7 Å². The summed E-state index contributed by atoms with van der Waals surface area (Å²) in [5.41, 5.74) is 9.54. The van der Waals surface area contributed by atoms with Gasteiger partial charge in [0.2, 0.25) is 5.91 Å². The summed E-state index contributed by atoms with van der Waals surface area (Å²) in [6, 6.07) is 6.89. The van der Waals surface area contributed by atoms with E-state index in [1.54, 1.807) is 7.11 Å². The lowest BCUT2D eigenvalue weighted by atomic mass is 9.84. The predicted octanol–water partition coefficient (Wildman–Crippen LogP) is 7.34. The van der Waals surface area contributed by atoms with Crippen LogP contribution in [-0.2, 0) is 51.0 Å². The van der Waals surface area contributed by atoms with E-state index in [9.17, 15) is 23.2 Å². The number of amides is 2. The van der Waals surface area contributed by atoms with Crippen molar-refractivity contribution >= 4 is 45.7 Å². The summed E-state index contributed by atoms with van der Waals surface area (Å²) in [6.07, 6.45) is 3.01. The number of esters is 1. The van der Waals surface area contributed by atoms with Gasteiger partial charge in [-0.2, -0.15) is 0 Å². The second kappa shape index (κ2) is 21.9. The van der Waals surface area contributed by atoms with Crippen molar-refractivity contribution in [1.29, 1.82) is 0 Å². The van der Waals surface area contributed by atoms with Crippen LogP contribution in [0.2, 0.25) is 0 Å². The fourth-order valence-electron chi connectivity index (χ4n) is 11.4. The number of fused-ring (bicyclic) bond motifs is 6. The number of carbonyl (C=O) groups excluding carboxylic acids is 3. The number of benzene rings is 1. The van der Waals surface area contributed by atoms with Crippen molar-refractivity contribution < 1.29 is 46.8 Å². The lowest BCUT2D eigenvalue weighted by Gasteiger charge is -2.37. The molecule has 0 radical (unpaired) electrons. The van der Waals surface area contributed by atoms with Gasteiger partial charge in [-0.15, -0.1) is 11.3 Å². The number of anilines is 1. The molecule has 4 aliphatic heterocycles. The molecule has 3 saturated heterocycles. The molecule has 2 saturated carbocycles. The molecule has 10 rings (SSSR count). The first-order valence-electron chi connectivity index (χ1n) is 26.4. The molecular weight excluding hydrogens is 959 g/mol. The fourth-order valence-corrected chi connectivity index (χ4v) is 12.3. The Balaban J connectivity index is 1.12. The van der Waals surface area contributed by atoms with Crippen molar-refractivity contribution in [2.75, 3.05) is 77.8 Å². The molecule has 396 valence electrons. The average Bonchev–Trinajstić information content (AvgIpc) is 4.26. The highest BCUT2D eigenvalue weighted by molar-refractivity contribution is 7.10. The van der Waals surface area contributed by atoms with Gasteiger partial charge in [0.05, 0.1) is 54.4 Å². The molecule has 2 amide bonds. The molecule has 73 heavy (non-hydrogen) atoms. The topological polar surface area (TPSA) is 162 Å². The zero-order valence-corrected chi connectivity index (χ0v) is 43.9. The maximum absolute atomic E-state index is 14.7. The number of cyclic esters (lactones) is 1. The predicted molar refractivity (Wildman–Crippen MR) is 273 cm³/mol. The van der Waals surface area contributed by atoms with Gasteiger partial charge in [0.1, 0.15) is 29.8 Å². The summed E-state index contributed by atoms with van der Waals surface area (Å²) in [5.74, 6) is -1.70. The maximum Gasteiger partial charge on any atom is 0.324 e. The van der Waals surface area contributed by atoms with Crippen molar-refractivity contribution in [2.45, 2.75) is 129 Å². The molecule has 2 aliphatic carbocycles. The SMILES string of the molecule is CO[C@@H](C)c1ncc(N2CCN(C3CC3)CC2)cc1-c1c2c3cc(ccc3n1CCOC1CCOCC1)-c1csc(n1)[C@@H](OCC(F)F)[C@H](NC(=O)[C@H]1[C@H](C)[C@@H]1C)C(=O)N1CCC[C@H](N1)C(=O)OCC(C)(C)C2. The minimum Gasteiger partial charge on any atom is -0.464 e. The van der Waals surface area contributed by atoms with Crippen LogP contribution in [0.3, 0.4) is 0 Å². The monoisotopic (exact) mass is 1030 g/mol. The normalized spacial score (nSPS) is 26.8. The highest BCUT2D eigenvalue weighted by atomic mass is 32.1. The number of hydrogen-bond acceptors (Lipinski definition) is 14. The van der Waals surface area contributed by atoms with Gasteiger partial charge in [-0.3, -0.25) is 29.3 Å². The van der Waals surface area contributed by atoms with E-state index < -0.39 is 48.5 Å². The number of methoxy groups -OCH3 is 1. The Morgan fingerprint density at radius 1 is 1.01 bits per heavy atom. The first kappa shape index (κ1) is 51.8. The third-order valence-electron chi connectivity index (χ3n) is 16.1. The van der Waals surface area contributed by atoms with Gasteiger partial charge in [0.25, 0.3) is 12.3 Å². The lowest BCUT2D eigenvalue weighted by molar-refractivity contribution is -0.157. The summed E-state index contributed by atoms with van der Waals surface area (Å²) in [5, 5.41) is 7.27.